The van der Waals surface area contributed by atoms with Crippen molar-refractivity contribution in [3.05, 3.63) is 29.8 Å². The molecule has 4 unspecified atom stereocenters. The summed E-state index contributed by atoms with van der Waals surface area (Å²) in [6.45, 7) is 7.38. The Kier molecular flexibility index (Phi) is 4.89. The molecule has 8 heteroatoms. The SMILES string of the molecule is CC(=O)Oc1ccccc1C(=O)OC1O[C@@H]2OC3(C)CC4[C@H](C)CCC([C@H]1C)[C@]42OO3. The van der Waals surface area contributed by atoms with Crippen molar-refractivity contribution in [3.63, 3.8) is 0 Å². The van der Waals surface area contributed by atoms with Crippen molar-refractivity contribution in [2.75, 3.05) is 0 Å². The molecule has 1 aromatic rings. The summed E-state index contributed by atoms with van der Waals surface area (Å²) < 4.78 is 23.3. The Labute approximate surface area is 181 Å². The zero-order valence-electron chi connectivity index (χ0n) is 18.2. The normalized spacial score (nSPS) is 43.1. The first-order chi connectivity index (χ1) is 14.7. The third kappa shape index (κ3) is 3.19. The smallest absolute Gasteiger partial charge is 0.344 e. The summed E-state index contributed by atoms with van der Waals surface area (Å²) >= 11 is 0. The first-order valence-corrected chi connectivity index (χ1v) is 10.9. The topological polar surface area (TPSA) is 89.5 Å². The summed E-state index contributed by atoms with van der Waals surface area (Å²) in [5, 5.41) is 0. The maximum atomic E-state index is 13.0. The summed E-state index contributed by atoms with van der Waals surface area (Å²) in [6.07, 6.45) is 1.20. The van der Waals surface area contributed by atoms with E-state index in [1.54, 1.807) is 24.3 Å². The molecule has 5 fully saturated rings. The first-order valence-electron chi connectivity index (χ1n) is 10.9. The molecule has 1 aliphatic carbocycles. The van der Waals surface area contributed by atoms with Crippen molar-refractivity contribution in [3.8, 4) is 5.75 Å². The number of ether oxygens (including phenoxy) is 4. The van der Waals surface area contributed by atoms with E-state index < -0.39 is 35.9 Å². The standard InChI is InChI=1S/C23H28O8/c1-12-9-10-16-13(2)20(27-19(25)15-7-5-6-8-18(15)26-14(3)24)28-21-23(16)17(12)11-22(4,29-21)30-31-23/h5-8,12-13,16-17,20-21H,9-11H2,1-4H3/t12-,13-,16?,17?,20?,21-,22?,23+/m1/s1. The molecule has 4 saturated heterocycles. The molecule has 0 aromatic heterocycles. The van der Waals surface area contributed by atoms with Gasteiger partial charge in [0.05, 0.1) is 0 Å². The van der Waals surface area contributed by atoms with Gasteiger partial charge in [0.1, 0.15) is 11.3 Å². The Balaban J connectivity index is 1.41. The molecule has 5 aliphatic rings. The van der Waals surface area contributed by atoms with Gasteiger partial charge in [-0.1, -0.05) is 26.0 Å². The zero-order valence-corrected chi connectivity index (χ0v) is 18.2. The van der Waals surface area contributed by atoms with Gasteiger partial charge in [0.15, 0.2) is 11.9 Å². The molecule has 4 heterocycles. The molecule has 0 N–H and O–H groups in total. The van der Waals surface area contributed by atoms with Crippen LogP contribution in [0.25, 0.3) is 0 Å². The zero-order chi connectivity index (χ0) is 22.0. The van der Waals surface area contributed by atoms with Gasteiger partial charge < -0.3 is 18.9 Å². The number of carbonyl (C=O) groups excluding carboxylic acids is 2. The Morgan fingerprint density at radius 1 is 1.10 bits per heavy atom. The first kappa shape index (κ1) is 20.9. The minimum absolute atomic E-state index is 0.0545. The van der Waals surface area contributed by atoms with Crippen LogP contribution in [0.5, 0.6) is 5.75 Å². The number of fused-ring (bicyclic) bond motifs is 1. The molecule has 168 valence electrons. The van der Waals surface area contributed by atoms with Gasteiger partial charge in [-0.05, 0) is 37.8 Å². The summed E-state index contributed by atoms with van der Waals surface area (Å²) in [5.74, 6) is -1.24. The van der Waals surface area contributed by atoms with Crippen molar-refractivity contribution < 1.29 is 38.3 Å². The van der Waals surface area contributed by atoms with Crippen molar-refractivity contribution in [1.82, 2.24) is 0 Å². The van der Waals surface area contributed by atoms with Gasteiger partial charge in [0, 0.05) is 31.1 Å². The van der Waals surface area contributed by atoms with E-state index in [-0.39, 0.29) is 29.1 Å². The van der Waals surface area contributed by atoms with Crippen LogP contribution in [0.15, 0.2) is 24.3 Å². The van der Waals surface area contributed by atoms with Crippen LogP contribution in [0.1, 0.15) is 57.3 Å². The second-order valence-electron chi connectivity index (χ2n) is 9.43. The molecule has 0 amide bonds. The molecule has 2 bridgehead atoms. The highest BCUT2D eigenvalue weighted by molar-refractivity contribution is 5.93. The van der Waals surface area contributed by atoms with Crippen LogP contribution in [0.2, 0.25) is 0 Å². The third-order valence-corrected chi connectivity index (χ3v) is 7.36. The van der Waals surface area contributed by atoms with Gasteiger partial charge in [-0.2, -0.15) is 0 Å². The summed E-state index contributed by atoms with van der Waals surface area (Å²) in [4.78, 5) is 36.0. The van der Waals surface area contributed by atoms with Gasteiger partial charge in [0.2, 0.25) is 12.1 Å². The molecular weight excluding hydrogens is 404 g/mol. The van der Waals surface area contributed by atoms with Crippen LogP contribution < -0.4 is 4.74 Å². The summed E-state index contributed by atoms with van der Waals surface area (Å²) in [7, 11) is 0. The lowest BCUT2D eigenvalue weighted by Gasteiger charge is -2.66. The van der Waals surface area contributed by atoms with Gasteiger partial charge >= 0.3 is 11.9 Å². The van der Waals surface area contributed by atoms with Crippen molar-refractivity contribution in [2.24, 2.45) is 23.7 Å². The van der Waals surface area contributed by atoms with Gasteiger partial charge in [0.25, 0.3) is 0 Å². The predicted octanol–water partition coefficient (Wildman–Crippen LogP) is 3.59. The molecule has 4 aliphatic heterocycles. The number of esters is 2. The van der Waals surface area contributed by atoms with E-state index in [0.29, 0.717) is 5.92 Å². The molecule has 31 heavy (non-hydrogen) atoms. The number of rotatable bonds is 3. The Morgan fingerprint density at radius 2 is 1.87 bits per heavy atom. The number of carbonyl (C=O) groups is 2. The van der Waals surface area contributed by atoms with E-state index in [2.05, 4.69) is 6.92 Å². The van der Waals surface area contributed by atoms with Gasteiger partial charge in [-0.25, -0.2) is 14.6 Å². The third-order valence-electron chi connectivity index (χ3n) is 7.36. The van der Waals surface area contributed by atoms with Gasteiger partial charge in [-0.15, -0.1) is 0 Å². The molecule has 8 atom stereocenters. The van der Waals surface area contributed by atoms with E-state index in [1.165, 1.54) is 6.92 Å². The second-order valence-corrected chi connectivity index (χ2v) is 9.43. The maximum absolute atomic E-state index is 13.0. The highest BCUT2D eigenvalue weighted by Gasteiger charge is 2.72. The fourth-order valence-corrected chi connectivity index (χ4v) is 5.87. The quantitative estimate of drug-likeness (QED) is 0.407. The predicted molar refractivity (Wildman–Crippen MR) is 105 cm³/mol. The van der Waals surface area contributed by atoms with Gasteiger partial charge in [-0.3, -0.25) is 4.79 Å². The van der Waals surface area contributed by atoms with E-state index in [4.69, 9.17) is 28.7 Å². The van der Waals surface area contributed by atoms with E-state index in [0.717, 1.165) is 19.3 Å². The highest BCUT2D eigenvalue weighted by atomic mass is 17.3. The van der Waals surface area contributed by atoms with Crippen LogP contribution in [0.3, 0.4) is 0 Å². The Bertz CT molecular complexity index is 901. The highest BCUT2D eigenvalue weighted by Crippen LogP contribution is 2.62. The Hall–Kier alpha value is -2.00. The molecule has 0 radical (unpaired) electrons. The van der Waals surface area contributed by atoms with E-state index in [9.17, 15) is 9.59 Å². The minimum atomic E-state index is -0.885. The molecule has 6 rings (SSSR count). The average molecular weight is 432 g/mol. The monoisotopic (exact) mass is 432 g/mol. The number of hydrogen-bond donors (Lipinski definition) is 0. The maximum Gasteiger partial charge on any atom is 0.344 e. The number of benzene rings is 1. The van der Waals surface area contributed by atoms with Crippen molar-refractivity contribution in [2.45, 2.75) is 70.9 Å². The lowest BCUT2D eigenvalue weighted by atomic mass is 9.56. The van der Waals surface area contributed by atoms with E-state index >= 15 is 0 Å². The van der Waals surface area contributed by atoms with Crippen LogP contribution in [-0.4, -0.2) is 35.9 Å². The number of hydrogen-bond acceptors (Lipinski definition) is 8. The van der Waals surface area contributed by atoms with Crippen LogP contribution in [0, 0.1) is 23.7 Å². The fourth-order valence-electron chi connectivity index (χ4n) is 5.87. The fraction of sp³-hybridized carbons (Fsp3) is 0.652. The molecule has 1 saturated carbocycles. The molecule has 1 aromatic carbocycles. The average Bonchev–Trinajstić information content (AvgIpc) is 2.72. The van der Waals surface area contributed by atoms with Crippen LogP contribution in [0.4, 0.5) is 0 Å². The lowest BCUT2D eigenvalue weighted by molar-refractivity contribution is -0.614. The summed E-state index contributed by atoms with van der Waals surface area (Å²) in [6, 6.07) is 6.49. The second kappa shape index (κ2) is 7.27. The largest absolute Gasteiger partial charge is 0.432 e. The van der Waals surface area contributed by atoms with Crippen LogP contribution in [-0.2, 0) is 28.8 Å². The van der Waals surface area contributed by atoms with E-state index in [1.807, 2.05) is 13.8 Å². The van der Waals surface area contributed by atoms with Crippen molar-refractivity contribution in [1.29, 1.82) is 0 Å². The Morgan fingerprint density at radius 3 is 2.65 bits per heavy atom. The molecule has 8 nitrogen and oxygen atoms in total. The molecule has 1 spiro atoms. The summed E-state index contributed by atoms with van der Waals surface area (Å²) in [5.41, 5.74) is -0.533. The van der Waals surface area contributed by atoms with Crippen LogP contribution >= 0.6 is 0 Å². The minimum Gasteiger partial charge on any atom is -0.432 e. The number of para-hydroxylation sites is 1. The van der Waals surface area contributed by atoms with Crippen molar-refractivity contribution >= 4 is 11.9 Å². The molecular formula is C23H28O8. The lowest BCUT2D eigenvalue weighted by Crippen LogP contribution is -2.76.